The van der Waals surface area contributed by atoms with Gasteiger partial charge in [0.15, 0.2) is 0 Å². The second-order valence-electron chi connectivity index (χ2n) is 9.66. The van der Waals surface area contributed by atoms with E-state index in [0.717, 1.165) is 28.9 Å². The summed E-state index contributed by atoms with van der Waals surface area (Å²) in [5, 5.41) is 4.34. The maximum absolute atomic E-state index is 12.5. The van der Waals surface area contributed by atoms with E-state index in [1.807, 2.05) is 43.5 Å². The molecule has 3 heterocycles. The number of hydrogen-bond acceptors (Lipinski definition) is 6. The Morgan fingerprint density at radius 3 is 2.69 bits per heavy atom. The lowest BCUT2D eigenvalue weighted by Gasteiger charge is -2.07. The van der Waals surface area contributed by atoms with Gasteiger partial charge in [-0.2, -0.15) is 5.10 Å². The third-order valence-electron chi connectivity index (χ3n) is 6.88. The quantitative estimate of drug-likeness (QED) is 0.326. The van der Waals surface area contributed by atoms with Gasteiger partial charge < -0.3 is 13.9 Å². The molecule has 8 heteroatoms. The second-order valence-corrected chi connectivity index (χ2v) is 9.66. The fraction of sp³-hybridized carbons (Fsp3) is 0.357. The van der Waals surface area contributed by atoms with Crippen molar-refractivity contribution in [2.24, 2.45) is 5.92 Å². The molecule has 8 nitrogen and oxygen atoms in total. The average Bonchev–Trinajstić information content (AvgIpc) is 3.80. The van der Waals surface area contributed by atoms with E-state index in [-0.39, 0.29) is 24.4 Å². The summed E-state index contributed by atoms with van der Waals surface area (Å²) in [6.45, 7) is 2.89. The van der Waals surface area contributed by atoms with E-state index in [1.54, 1.807) is 10.9 Å². The highest BCUT2D eigenvalue weighted by molar-refractivity contribution is 5.88. The van der Waals surface area contributed by atoms with Crippen molar-refractivity contribution >= 4 is 17.6 Å². The van der Waals surface area contributed by atoms with E-state index in [0.29, 0.717) is 24.6 Å². The number of hydrogen-bond donors (Lipinski definition) is 0. The zero-order valence-corrected chi connectivity index (χ0v) is 20.2. The van der Waals surface area contributed by atoms with Crippen LogP contribution in [0.4, 0.5) is 0 Å². The van der Waals surface area contributed by atoms with E-state index in [1.165, 1.54) is 24.6 Å². The van der Waals surface area contributed by atoms with Crippen molar-refractivity contribution in [2.45, 2.75) is 51.2 Å². The van der Waals surface area contributed by atoms with Gasteiger partial charge in [0.2, 0.25) is 0 Å². The number of benzene rings is 1. The summed E-state index contributed by atoms with van der Waals surface area (Å²) in [6.07, 6.45) is 10.6. The zero-order valence-electron chi connectivity index (χ0n) is 20.2. The van der Waals surface area contributed by atoms with Crippen molar-refractivity contribution in [1.29, 1.82) is 0 Å². The number of carbonyl (C=O) groups excluding carboxylic acids is 2. The van der Waals surface area contributed by atoms with Gasteiger partial charge in [-0.05, 0) is 48.8 Å². The van der Waals surface area contributed by atoms with E-state index in [9.17, 15) is 9.59 Å². The van der Waals surface area contributed by atoms with Crippen LogP contribution in [-0.2, 0) is 27.4 Å². The van der Waals surface area contributed by atoms with Gasteiger partial charge in [0, 0.05) is 24.5 Å². The minimum Gasteiger partial charge on any atom is -0.466 e. The van der Waals surface area contributed by atoms with Crippen LogP contribution in [0, 0.1) is 5.92 Å². The Morgan fingerprint density at radius 1 is 1.08 bits per heavy atom. The molecule has 0 amide bonds. The van der Waals surface area contributed by atoms with Gasteiger partial charge in [0.25, 0.3) is 0 Å². The molecule has 4 aromatic rings. The number of rotatable bonds is 9. The lowest BCUT2D eigenvalue weighted by Crippen LogP contribution is -2.07. The van der Waals surface area contributed by atoms with Crippen LogP contribution in [0.3, 0.4) is 0 Å². The summed E-state index contributed by atoms with van der Waals surface area (Å²) in [4.78, 5) is 29.6. The maximum atomic E-state index is 12.5. The summed E-state index contributed by atoms with van der Waals surface area (Å²) in [7, 11) is 0. The second kappa shape index (κ2) is 9.26. The largest absolute Gasteiger partial charge is 0.466 e. The third kappa shape index (κ3) is 4.63. The molecule has 3 aromatic heterocycles. The van der Waals surface area contributed by atoms with Crippen molar-refractivity contribution in [3.63, 3.8) is 0 Å². The first-order chi connectivity index (χ1) is 17.6. The molecule has 0 N–H and O–H groups in total. The Kier molecular flexibility index (Phi) is 5.79. The third-order valence-corrected chi connectivity index (χ3v) is 6.88. The highest BCUT2D eigenvalue weighted by atomic mass is 16.5. The van der Waals surface area contributed by atoms with E-state index >= 15 is 0 Å². The van der Waals surface area contributed by atoms with Crippen molar-refractivity contribution in [2.75, 3.05) is 6.61 Å². The Morgan fingerprint density at radius 2 is 1.92 bits per heavy atom. The molecule has 36 heavy (non-hydrogen) atoms. The first-order valence-corrected chi connectivity index (χ1v) is 12.5. The molecule has 0 spiro atoms. The zero-order chi connectivity index (χ0) is 24.6. The lowest BCUT2D eigenvalue weighted by atomic mass is 10.1. The Bertz CT molecular complexity index is 1420. The Hall–Kier alpha value is -3.94. The van der Waals surface area contributed by atoms with Gasteiger partial charge in [0.1, 0.15) is 12.3 Å². The SMILES string of the molecule is CCOC(=O)C1CC1c1cc(C2CC2)cn2cc(Cn3cc(C(=O)OCc4ccccc4)cn3)nc12. The van der Waals surface area contributed by atoms with Crippen LogP contribution in [0.2, 0.25) is 0 Å². The number of aromatic nitrogens is 4. The van der Waals surface area contributed by atoms with Gasteiger partial charge in [-0.3, -0.25) is 9.48 Å². The fourth-order valence-electron chi connectivity index (χ4n) is 4.76. The van der Waals surface area contributed by atoms with Crippen molar-refractivity contribution < 1.29 is 19.1 Å². The maximum Gasteiger partial charge on any atom is 0.341 e. The molecule has 2 unspecified atom stereocenters. The van der Waals surface area contributed by atoms with Crippen molar-refractivity contribution in [3.05, 3.63) is 89.1 Å². The topological polar surface area (TPSA) is 87.7 Å². The van der Waals surface area contributed by atoms with Gasteiger partial charge in [-0.25, -0.2) is 9.78 Å². The monoisotopic (exact) mass is 484 g/mol. The van der Waals surface area contributed by atoms with Crippen LogP contribution >= 0.6 is 0 Å². The van der Waals surface area contributed by atoms with Gasteiger partial charge in [-0.1, -0.05) is 36.4 Å². The fourth-order valence-corrected chi connectivity index (χ4v) is 4.76. The van der Waals surface area contributed by atoms with Crippen LogP contribution < -0.4 is 0 Å². The van der Waals surface area contributed by atoms with E-state index in [2.05, 4.69) is 21.8 Å². The molecular formula is C28H28N4O4. The number of carbonyl (C=O) groups is 2. The van der Waals surface area contributed by atoms with Gasteiger partial charge >= 0.3 is 11.9 Å². The smallest absolute Gasteiger partial charge is 0.341 e. The molecule has 6 rings (SSSR count). The molecular weight excluding hydrogens is 456 g/mol. The van der Waals surface area contributed by atoms with Gasteiger partial charge in [0.05, 0.1) is 36.5 Å². The molecule has 0 aliphatic heterocycles. The standard InChI is InChI=1S/C28H28N4O4/c1-2-35-28(34)25-11-23(25)24-10-20(19-8-9-19)13-31-15-22(30-26(24)31)16-32-14-21(12-29-32)27(33)36-17-18-6-4-3-5-7-18/h3-7,10,12-15,19,23,25H,2,8-9,11,16-17H2,1H3. The molecule has 2 aliphatic carbocycles. The van der Waals surface area contributed by atoms with Crippen LogP contribution in [0.5, 0.6) is 0 Å². The molecule has 2 atom stereocenters. The molecule has 2 saturated carbocycles. The Balaban J connectivity index is 1.19. The lowest BCUT2D eigenvalue weighted by molar-refractivity contribution is -0.144. The molecule has 0 bridgehead atoms. The van der Waals surface area contributed by atoms with Crippen LogP contribution in [0.1, 0.15) is 70.8 Å². The van der Waals surface area contributed by atoms with E-state index in [4.69, 9.17) is 14.5 Å². The first-order valence-electron chi connectivity index (χ1n) is 12.5. The molecule has 0 radical (unpaired) electrons. The highest BCUT2D eigenvalue weighted by Gasteiger charge is 2.46. The average molecular weight is 485 g/mol. The summed E-state index contributed by atoms with van der Waals surface area (Å²) in [6, 6.07) is 11.8. The molecule has 2 aliphatic rings. The van der Waals surface area contributed by atoms with Crippen LogP contribution in [0.15, 0.2) is 61.2 Å². The molecule has 0 saturated heterocycles. The molecule has 1 aromatic carbocycles. The summed E-state index contributed by atoms with van der Waals surface area (Å²) < 4.78 is 14.4. The normalized spacial score (nSPS) is 18.8. The number of imidazole rings is 1. The van der Waals surface area contributed by atoms with Gasteiger partial charge in [-0.15, -0.1) is 0 Å². The van der Waals surface area contributed by atoms with E-state index < -0.39 is 5.97 Å². The predicted octanol–water partition coefficient (Wildman–Crippen LogP) is 4.48. The summed E-state index contributed by atoms with van der Waals surface area (Å²) in [5.41, 5.74) is 5.48. The number of nitrogens with zero attached hydrogens (tertiary/aromatic N) is 4. The first kappa shape index (κ1) is 22.5. The summed E-state index contributed by atoms with van der Waals surface area (Å²) in [5.74, 6) is 0.132. The highest BCUT2D eigenvalue weighted by Crippen LogP contribution is 2.51. The Labute approximate surface area is 208 Å². The predicted molar refractivity (Wildman–Crippen MR) is 132 cm³/mol. The number of esters is 2. The van der Waals surface area contributed by atoms with Crippen LogP contribution in [-0.4, -0.2) is 37.7 Å². The summed E-state index contributed by atoms with van der Waals surface area (Å²) >= 11 is 0. The van der Waals surface area contributed by atoms with Crippen molar-refractivity contribution in [1.82, 2.24) is 19.2 Å². The van der Waals surface area contributed by atoms with Crippen molar-refractivity contribution in [3.8, 4) is 0 Å². The minimum atomic E-state index is -0.407. The number of fused-ring (bicyclic) bond motifs is 1. The minimum absolute atomic E-state index is 0.0843. The number of ether oxygens (including phenoxy) is 2. The molecule has 2 fully saturated rings. The van der Waals surface area contributed by atoms with Crippen LogP contribution in [0.25, 0.3) is 5.65 Å². The molecule has 184 valence electrons. The number of pyridine rings is 1.